The molecule has 0 saturated heterocycles. The molecule has 0 heterocycles. The molecule has 8 heavy (non-hydrogen) atoms. The number of primary amides is 1. The van der Waals surface area contributed by atoms with E-state index < -0.39 is 0 Å². The molecular formula is C4H10BrNO2. The number of carbonyl (C=O) groups excluding carboxylic acids is 1. The Hall–Kier alpha value is -0.0900. The molecule has 0 aromatic heterocycles. The number of amides is 1. The van der Waals surface area contributed by atoms with Crippen molar-refractivity contribution in [3.63, 3.8) is 0 Å². The summed E-state index contributed by atoms with van der Waals surface area (Å²) in [4.78, 5) is 9.90. The van der Waals surface area contributed by atoms with E-state index in [0.29, 0.717) is 13.0 Å². The Morgan fingerprint density at radius 3 is 2.38 bits per heavy atom. The largest absolute Gasteiger partial charge is 0.384 e. The molecule has 0 unspecified atom stereocenters. The molecule has 2 N–H and O–H groups in total. The average Bonchev–Trinajstić information content (AvgIpc) is 1.61. The first kappa shape index (κ1) is 10.8. The van der Waals surface area contributed by atoms with E-state index in [1.165, 1.54) is 7.11 Å². The number of halogens is 1. The highest BCUT2D eigenvalue weighted by molar-refractivity contribution is 8.93. The second kappa shape index (κ2) is 6.91. The van der Waals surface area contributed by atoms with Gasteiger partial charge < -0.3 is 10.5 Å². The smallest absolute Gasteiger partial charge is 0.219 e. The summed E-state index contributed by atoms with van der Waals surface area (Å²) in [6, 6.07) is 0. The number of carbonyl (C=O) groups is 1. The standard InChI is InChI=1S/C4H9NO2.BrH/c1-7-3-2-4(5)6;/h2-3H2,1H3,(H2,5,6);1H. The number of hydrogen-bond acceptors (Lipinski definition) is 2. The highest BCUT2D eigenvalue weighted by Crippen LogP contribution is 1.74. The summed E-state index contributed by atoms with van der Waals surface area (Å²) >= 11 is 0. The first-order valence-corrected chi connectivity index (χ1v) is 2.04. The Morgan fingerprint density at radius 2 is 2.25 bits per heavy atom. The molecule has 0 bridgehead atoms. The number of hydrogen-bond donors (Lipinski definition) is 1. The fraction of sp³-hybridized carbons (Fsp3) is 0.750. The van der Waals surface area contributed by atoms with Gasteiger partial charge in [-0.15, -0.1) is 17.0 Å². The molecule has 0 fully saturated rings. The SMILES string of the molecule is Br.COCCC(N)=O. The van der Waals surface area contributed by atoms with Crippen LogP contribution in [0.15, 0.2) is 0 Å². The van der Waals surface area contributed by atoms with Crippen molar-refractivity contribution < 1.29 is 9.53 Å². The lowest BCUT2D eigenvalue weighted by molar-refractivity contribution is -0.118. The summed E-state index contributed by atoms with van der Waals surface area (Å²) in [5, 5.41) is 0. The number of nitrogens with two attached hydrogens (primary N) is 1. The number of methoxy groups -OCH3 is 1. The molecule has 0 saturated carbocycles. The molecule has 50 valence electrons. The fourth-order valence-corrected chi connectivity index (χ4v) is 0.203. The minimum Gasteiger partial charge on any atom is -0.384 e. The van der Waals surface area contributed by atoms with E-state index in [4.69, 9.17) is 5.73 Å². The molecule has 0 aromatic carbocycles. The Kier molecular flexibility index (Phi) is 9.34. The highest BCUT2D eigenvalue weighted by Gasteiger charge is 1.88. The zero-order valence-corrected chi connectivity index (χ0v) is 6.43. The van der Waals surface area contributed by atoms with Crippen molar-refractivity contribution in [2.75, 3.05) is 13.7 Å². The van der Waals surface area contributed by atoms with Crippen molar-refractivity contribution >= 4 is 22.9 Å². The summed E-state index contributed by atoms with van der Waals surface area (Å²) in [6.45, 7) is 0.426. The van der Waals surface area contributed by atoms with Crippen molar-refractivity contribution in [3.8, 4) is 0 Å². The van der Waals surface area contributed by atoms with Crippen molar-refractivity contribution in [2.45, 2.75) is 6.42 Å². The van der Waals surface area contributed by atoms with Gasteiger partial charge in [0, 0.05) is 13.5 Å². The summed E-state index contributed by atoms with van der Waals surface area (Å²) < 4.78 is 4.55. The minimum atomic E-state index is -0.318. The van der Waals surface area contributed by atoms with Gasteiger partial charge in [-0.1, -0.05) is 0 Å². The van der Waals surface area contributed by atoms with Gasteiger partial charge in [0.2, 0.25) is 5.91 Å². The Balaban J connectivity index is 0. The van der Waals surface area contributed by atoms with Crippen LogP contribution < -0.4 is 5.73 Å². The van der Waals surface area contributed by atoms with Gasteiger partial charge in [0.1, 0.15) is 0 Å². The van der Waals surface area contributed by atoms with E-state index in [1.54, 1.807) is 0 Å². The van der Waals surface area contributed by atoms with Gasteiger partial charge in [0.25, 0.3) is 0 Å². The van der Waals surface area contributed by atoms with E-state index in [-0.39, 0.29) is 22.9 Å². The second-order valence-corrected chi connectivity index (χ2v) is 1.21. The molecule has 0 aliphatic carbocycles. The van der Waals surface area contributed by atoms with Crippen LogP contribution in [0.5, 0.6) is 0 Å². The normalized spacial score (nSPS) is 7.62. The van der Waals surface area contributed by atoms with Crippen molar-refractivity contribution in [2.24, 2.45) is 5.73 Å². The van der Waals surface area contributed by atoms with Crippen LogP contribution in [0.2, 0.25) is 0 Å². The molecule has 0 aliphatic rings. The van der Waals surface area contributed by atoms with Crippen LogP contribution in [0.1, 0.15) is 6.42 Å². The third kappa shape index (κ3) is 9.32. The number of rotatable bonds is 3. The molecule has 0 radical (unpaired) electrons. The molecule has 0 rings (SSSR count). The van der Waals surface area contributed by atoms with Gasteiger partial charge in [-0.25, -0.2) is 0 Å². The maximum absolute atomic E-state index is 9.90. The summed E-state index contributed by atoms with van der Waals surface area (Å²) in [7, 11) is 1.53. The topological polar surface area (TPSA) is 52.3 Å². The molecule has 0 aromatic rings. The van der Waals surface area contributed by atoms with Crippen LogP contribution in [0.3, 0.4) is 0 Å². The fourth-order valence-electron chi connectivity index (χ4n) is 0.203. The quantitative estimate of drug-likeness (QED) is 0.675. The maximum Gasteiger partial charge on any atom is 0.219 e. The third-order valence-electron chi connectivity index (χ3n) is 0.553. The van der Waals surface area contributed by atoms with E-state index in [1.807, 2.05) is 0 Å². The van der Waals surface area contributed by atoms with Crippen LogP contribution in [0.4, 0.5) is 0 Å². The van der Waals surface area contributed by atoms with E-state index in [9.17, 15) is 4.79 Å². The predicted octanol–water partition coefficient (Wildman–Crippen LogP) is 0.0861. The van der Waals surface area contributed by atoms with Gasteiger partial charge in [-0.2, -0.15) is 0 Å². The molecular weight excluding hydrogens is 174 g/mol. The van der Waals surface area contributed by atoms with E-state index in [2.05, 4.69) is 4.74 Å². The van der Waals surface area contributed by atoms with Crippen LogP contribution in [-0.2, 0) is 9.53 Å². The second-order valence-electron chi connectivity index (χ2n) is 1.21. The van der Waals surface area contributed by atoms with Crippen LogP contribution in [-0.4, -0.2) is 19.6 Å². The summed E-state index contributed by atoms with van der Waals surface area (Å²) in [5.74, 6) is -0.318. The first-order chi connectivity index (χ1) is 3.27. The number of ether oxygens (including phenoxy) is 1. The van der Waals surface area contributed by atoms with Crippen molar-refractivity contribution in [1.29, 1.82) is 0 Å². The molecule has 4 heteroatoms. The molecule has 3 nitrogen and oxygen atoms in total. The molecule has 0 aliphatic heterocycles. The average molecular weight is 184 g/mol. The zero-order valence-electron chi connectivity index (χ0n) is 4.72. The Labute approximate surface area is 59.0 Å². The maximum atomic E-state index is 9.90. The monoisotopic (exact) mass is 183 g/mol. The van der Waals surface area contributed by atoms with Gasteiger partial charge in [-0.3, -0.25) is 4.79 Å². The third-order valence-corrected chi connectivity index (χ3v) is 0.553. The van der Waals surface area contributed by atoms with Crippen molar-refractivity contribution in [1.82, 2.24) is 0 Å². The van der Waals surface area contributed by atoms with E-state index >= 15 is 0 Å². The lowest BCUT2D eigenvalue weighted by atomic mass is 10.4. The lowest BCUT2D eigenvalue weighted by Gasteiger charge is -1.89. The first-order valence-electron chi connectivity index (χ1n) is 2.04. The summed E-state index contributed by atoms with van der Waals surface area (Å²) in [6.07, 6.45) is 0.316. The zero-order chi connectivity index (χ0) is 5.70. The minimum absolute atomic E-state index is 0. The molecule has 0 atom stereocenters. The highest BCUT2D eigenvalue weighted by atomic mass is 79.9. The van der Waals surface area contributed by atoms with Crippen LogP contribution >= 0.6 is 17.0 Å². The molecule has 0 spiro atoms. The van der Waals surface area contributed by atoms with Crippen LogP contribution in [0.25, 0.3) is 0 Å². The van der Waals surface area contributed by atoms with E-state index in [0.717, 1.165) is 0 Å². The lowest BCUT2D eigenvalue weighted by Crippen LogP contribution is -2.12. The van der Waals surface area contributed by atoms with Crippen molar-refractivity contribution in [3.05, 3.63) is 0 Å². The predicted molar refractivity (Wildman–Crippen MR) is 36.0 cm³/mol. The summed E-state index contributed by atoms with van der Waals surface area (Å²) in [5.41, 5.74) is 4.76. The molecule has 1 amide bonds. The van der Waals surface area contributed by atoms with Gasteiger partial charge in [-0.05, 0) is 0 Å². The van der Waals surface area contributed by atoms with Gasteiger partial charge in [0.05, 0.1) is 6.61 Å². The van der Waals surface area contributed by atoms with Gasteiger partial charge >= 0.3 is 0 Å². The Morgan fingerprint density at radius 1 is 1.75 bits per heavy atom. The van der Waals surface area contributed by atoms with Gasteiger partial charge in [0.15, 0.2) is 0 Å². The Bertz CT molecular complexity index is 67.1. The van der Waals surface area contributed by atoms with Crippen LogP contribution in [0, 0.1) is 0 Å².